The van der Waals surface area contributed by atoms with Gasteiger partial charge >= 0.3 is 0 Å². The molecule has 0 heterocycles. The van der Waals surface area contributed by atoms with E-state index < -0.39 is 0 Å². The lowest BCUT2D eigenvalue weighted by molar-refractivity contribution is 0.0989. The summed E-state index contributed by atoms with van der Waals surface area (Å²) in [6, 6.07) is 10.3. The molecule has 0 amide bonds. The van der Waals surface area contributed by atoms with Gasteiger partial charge in [0, 0.05) is 17.0 Å². The van der Waals surface area contributed by atoms with E-state index >= 15 is 0 Å². The normalized spacial score (nSPS) is 10.2. The Morgan fingerprint density at radius 1 is 1.10 bits per heavy atom. The van der Waals surface area contributed by atoms with Crippen LogP contribution >= 0.6 is 15.9 Å². The summed E-state index contributed by atoms with van der Waals surface area (Å²) in [5.74, 6) is 0.951. The van der Waals surface area contributed by atoms with E-state index in [4.69, 9.17) is 9.47 Å². The van der Waals surface area contributed by atoms with Crippen molar-refractivity contribution in [2.45, 2.75) is 6.42 Å². The van der Waals surface area contributed by atoms with E-state index in [1.165, 1.54) is 13.2 Å². The molecule has 0 bridgehead atoms. The van der Waals surface area contributed by atoms with Gasteiger partial charge in [-0.15, -0.1) is 0 Å². The summed E-state index contributed by atoms with van der Waals surface area (Å²) in [5.41, 5.74) is 1.11. The van der Waals surface area contributed by atoms with Crippen molar-refractivity contribution in [3.05, 3.63) is 52.0 Å². The maximum Gasteiger partial charge on any atom is 0.172 e. The highest BCUT2D eigenvalue weighted by atomic mass is 79.9. The van der Waals surface area contributed by atoms with E-state index in [0.29, 0.717) is 10.2 Å². The first kappa shape index (κ1) is 15.4. The van der Waals surface area contributed by atoms with Crippen LogP contribution in [0.1, 0.15) is 15.9 Å². The lowest BCUT2D eigenvalue weighted by Gasteiger charge is -2.09. The highest BCUT2D eigenvalue weighted by molar-refractivity contribution is 9.10. The van der Waals surface area contributed by atoms with Gasteiger partial charge in [-0.3, -0.25) is 4.79 Å². The topological polar surface area (TPSA) is 55.8 Å². The Labute approximate surface area is 131 Å². The number of benzene rings is 2. The van der Waals surface area contributed by atoms with Gasteiger partial charge < -0.3 is 14.6 Å². The molecule has 0 aliphatic carbocycles. The number of methoxy groups -OCH3 is 2. The van der Waals surface area contributed by atoms with Gasteiger partial charge in [0.15, 0.2) is 5.78 Å². The maximum absolute atomic E-state index is 12.3. The second-order valence-corrected chi connectivity index (χ2v) is 5.31. The maximum atomic E-state index is 12.3. The molecule has 0 fully saturated rings. The lowest BCUT2D eigenvalue weighted by Crippen LogP contribution is -2.05. The number of halogens is 1. The van der Waals surface area contributed by atoms with Crippen LogP contribution in [-0.4, -0.2) is 25.1 Å². The van der Waals surface area contributed by atoms with Gasteiger partial charge in [-0.25, -0.2) is 0 Å². The van der Waals surface area contributed by atoms with Gasteiger partial charge in [0.25, 0.3) is 0 Å². The third-order valence-corrected chi connectivity index (χ3v) is 3.71. The second kappa shape index (κ2) is 6.63. The van der Waals surface area contributed by atoms with Gasteiger partial charge in [-0.1, -0.05) is 12.1 Å². The number of rotatable bonds is 5. The zero-order valence-corrected chi connectivity index (χ0v) is 13.3. The Balaban J connectivity index is 2.23. The number of Topliss-reactive ketones (excluding diaryl/α,β-unsaturated/α-hetero) is 1. The number of phenols is 1. The highest BCUT2D eigenvalue weighted by Crippen LogP contribution is 2.32. The number of hydrogen-bond acceptors (Lipinski definition) is 4. The van der Waals surface area contributed by atoms with Crippen molar-refractivity contribution in [3.63, 3.8) is 0 Å². The highest BCUT2D eigenvalue weighted by Gasteiger charge is 2.17. The minimum absolute atomic E-state index is 0.0975. The molecule has 2 aromatic carbocycles. The van der Waals surface area contributed by atoms with Crippen molar-refractivity contribution in [1.82, 2.24) is 0 Å². The molecule has 21 heavy (non-hydrogen) atoms. The predicted molar refractivity (Wildman–Crippen MR) is 83.4 cm³/mol. The molecule has 110 valence electrons. The molecular weight excluding hydrogens is 336 g/mol. The van der Waals surface area contributed by atoms with Crippen molar-refractivity contribution < 1.29 is 19.4 Å². The predicted octanol–water partition coefficient (Wildman–Crippen LogP) is 3.60. The smallest absolute Gasteiger partial charge is 0.172 e. The Hall–Kier alpha value is -2.01. The van der Waals surface area contributed by atoms with E-state index in [1.54, 1.807) is 25.3 Å². The molecule has 0 saturated carbocycles. The number of ether oxygens (including phenoxy) is 2. The summed E-state index contributed by atoms with van der Waals surface area (Å²) in [4.78, 5) is 12.3. The van der Waals surface area contributed by atoms with Crippen LogP contribution in [0.15, 0.2) is 40.9 Å². The average Bonchev–Trinajstić information content (AvgIpc) is 2.47. The van der Waals surface area contributed by atoms with E-state index in [9.17, 15) is 9.90 Å². The number of carbonyl (C=O) groups excluding carboxylic acids is 1. The van der Waals surface area contributed by atoms with Crippen molar-refractivity contribution in [3.8, 4) is 17.2 Å². The standard InChI is InChI=1S/C16H15BrO4/c1-20-11-5-3-10(4-6-11)7-14(18)16-13(17)8-12(21-2)9-15(16)19/h3-6,8-9,19H,7H2,1-2H3. The molecular formula is C16H15BrO4. The fourth-order valence-electron chi connectivity index (χ4n) is 1.98. The molecule has 0 aromatic heterocycles. The van der Waals surface area contributed by atoms with Crippen molar-refractivity contribution in [1.29, 1.82) is 0 Å². The lowest BCUT2D eigenvalue weighted by atomic mass is 10.0. The van der Waals surface area contributed by atoms with Crippen LogP contribution in [0.3, 0.4) is 0 Å². The van der Waals surface area contributed by atoms with Crippen LogP contribution in [-0.2, 0) is 6.42 Å². The number of carbonyl (C=O) groups is 1. The van der Waals surface area contributed by atoms with Crippen molar-refractivity contribution >= 4 is 21.7 Å². The van der Waals surface area contributed by atoms with Crippen LogP contribution in [0.2, 0.25) is 0 Å². The van der Waals surface area contributed by atoms with Gasteiger partial charge in [-0.2, -0.15) is 0 Å². The van der Waals surface area contributed by atoms with Gasteiger partial charge in [0.2, 0.25) is 0 Å². The molecule has 2 aromatic rings. The SMILES string of the molecule is COc1ccc(CC(=O)c2c(O)cc(OC)cc2Br)cc1. The Morgan fingerprint density at radius 2 is 1.71 bits per heavy atom. The first-order valence-corrected chi connectivity index (χ1v) is 7.07. The van der Waals surface area contributed by atoms with E-state index in [2.05, 4.69) is 15.9 Å². The molecule has 0 spiro atoms. The number of aromatic hydroxyl groups is 1. The molecule has 4 nitrogen and oxygen atoms in total. The molecule has 0 aliphatic rings. The Bertz CT molecular complexity index is 627. The molecule has 1 N–H and O–H groups in total. The number of phenolic OH excluding ortho intramolecular Hbond substituents is 1. The molecule has 2 rings (SSSR count). The number of ketones is 1. The summed E-state index contributed by atoms with van der Waals surface area (Å²) < 4.78 is 10.6. The van der Waals surface area contributed by atoms with Crippen LogP contribution in [0.5, 0.6) is 17.2 Å². The Kier molecular flexibility index (Phi) is 4.85. The third-order valence-electron chi connectivity index (χ3n) is 3.08. The summed E-state index contributed by atoms with van der Waals surface area (Å²) in [5, 5.41) is 9.98. The summed E-state index contributed by atoms with van der Waals surface area (Å²) >= 11 is 3.29. The monoisotopic (exact) mass is 350 g/mol. The molecule has 0 aliphatic heterocycles. The minimum Gasteiger partial charge on any atom is -0.507 e. The minimum atomic E-state index is -0.174. The first-order valence-electron chi connectivity index (χ1n) is 6.27. The van der Waals surface area contributed by atoms with Gasteiger partial charge in [0.05, 0.1) is 19.8 Å². The zero-order chi connectivity index (χ0) is 15.4. The van der Waals surface area contributed by atoms with Crippen LogP contribution in [0.25, 0.3) is 0 Å². The largest absolute Gasteiger partial charge is 0.507 e. The van der Waals surface area contributed by atoms with Crippen LogP contribution in [0.4, 0.5) is 0 Å². The van der Waals surface area contributed by atoms with Crippen molar-refractivity contribution in [2.24, 2.45) is 0 Å². The summed E-state index contributed by atoms with van der Waals surface area (Å²) in [7, 11) is 3.09. The van der Waals surface area contributed by atoms with Gasteiger partial charge in [0.1, 0.15) is 17.2 Å². The van der Waals surface area contributed by atoms with Gasteiger partial charge in [-0.05, 0) is 39.7 Å². The zero-order valence-electron chi connectivity index (χ0n) is 11.7. The summed E-state index contributed by atoms with van der Waals surface area (Å²) in [6.45, 7) is 0. The van der Waals surface area contributed by atoms with E-state index in [1.807, 2.05) is 12.1 Å². The average molecular weight is 351 g/mol. The molecule has 0 unspecified atom stereocenters. The van der Waals surface area contributed by atoms with E-state index in [0.717, 1.165) is 11.3 Å². The molecule has 0 saturated heterocycles. The molecule has 0 atom stereocenters. The fraction of sp³-hybridized carbons (Fsp3) is 0.188. The van der Waals surface area contributed by atoms with Crippen LogP contribution in [0, 0.1) is 0 Å². The molecule has 0 radical (unpaired) electrons. The fourth-order valence-corrected chi connectivity index (χ4v) is 2.63. The summed E-state index contributed by atoms with van der Waals surface area (Å²) in [6.07, 6.45) is 0.197. The quantitative estimate of drug-likeness (QED) is 0.837. The number of hydrogen-bond donors (Lipinski definition) is 1. The van der Waals surface area contributed by atoms with Crippen molar-refractivity contribution in [2.75, 3.05) is 14.2 Å². The molecule has 5 heteroatoms. The Morgan fingerprint density at radius 3 is 2.24 bits per heavy atom. The van der Waals surface area contributed by atoms with E-state index in [-0.39, 0.29) is 23.5 Å². The first-order chi connectivity index (χ1) is 10.0. The second-order valence-electron chi connectivity index (χ2n) is 4.45. The third kappa shape index (κ3) is 3.55. The van der Waals surface area contributed by atoms with Crippen LogP contribution < -0.4 is 9.47 Å².